The molecule has 1 atom stereocenters. The molecule has 0 bridgehead atoms. The molecule has 1 N–H and O–H groups in total. The summed E-state index contributed by atoms with van der Waals surface area (Å²) in [5.41, 5.74) is 0.615. The van der Waals surface area contributed by atoms with Gasteiger partial charge in [0.05, 0.1) is 5.60 Å². The van der Waals surface area contributed by atoms with Crippen LogP contribution >= 0.6 is 0 Å². The number of aliphatic hydroxyl groups is 1. The average molecular weight is 346 g/mol. The van der Waals surface area contributed by atoms with Gasteiger partial charge in [-0.15, -0.1) is 0 Å². The van der Waals surface area contributed by atoms with E-state index in [0.717, 1.165) is 5.56 Å². The molecule has 0 aromatic heterocycles. The van der Waals surface area contributed by atoms with Crippen LogP contribution in [0.4, 0.5) is 0 Å². The van der Waals surface area contributed by atoms with Gasteiger partial charge in [0.15, 0.2) is 0 Å². The second-order valence-electron chi connectivity index (χ2n) is 8.35. The first kappa shape index (κ1) is 18.9. The van der Waals surface area contributed by atoms with Crippen molar-refractivity contribution in [3.8, 4) is 0 Å². The second kappa shape index (κ2) is 8.66. The Kier molecular flexibility index (Phi) is 6.54. The molecule has 1 aromatic carbocycles. The first-order chi connectivity index (χ1) is 12.1. The summed E-state index contributed by atoms with van der Waals surface area (Å²) in [6, 6.07) is 11.2. The number of ether oxygens (including phenoxy) is 1. The molecule has 0 amide bonds. The zero-order valence-electron chi connectivity index (χ0n) is 16.0. The molecular weight excluding hydrogens is 310 g/mol. The minimum Gasteiger partial charge on any atom is -0.356 e. The van der Waals surface area contributed by atoms with Crippen molar-refractivity contribution in [3.05, 3.63) is 35.9 Å². The molecule has 0 spiro atoms. The van der Waals surface area contributed by atoms with Crippen molar-refractivity contribution in [2.45, 2.75) is 102 Å². The van der Waals surface area contributed by atoms with Crippen molar-refractivity contribution in [3.63, 3.8) is 0 Å². The largest absolute Gasteiger partial charge is 0.356 e. The minimum absolute atomic E-state index is 0.471. The maximum Gasteiger partial charge on any atom is 0.217 e. The van der Waals surface area contributed by atoms with Gasteiger partial charge in [0.1, 0.15) is 0 Å². The Morgan fingerprint density at radius 1 is 0.880 bits per heavy atom. The molecular formula is C22H35NO2. The number of hydrogen-bond donors (Lipinski definition) is 1. The molecule has 1 aromatic rings. The summed E-state index contributed by atoms with van der Waals surface area (Å²) in [6.45, 7) is 4.12. The number of nitrogens with zero attached hydrogens (tertiary/aromatic N) is 1. The van der Waals surface area contributed by atoms with Crippen LogP contribution in [0.2, 0.25) is 0 Å². The van der Waals surface area contributed by atoms with Gasteiger partial charge in [-0.3, -0.25) is 0 Å². The van der Waals surface area contributed by atoms with E-state index in [1.807, 2.05) is 18.2 Å². The molecule has 0 radical (unpaired) electrons. The third kappa shape index (κ3) is 4.84. The van der Waals surface area contributed by atoms with Crippen LogP contribution in [0.15, 0.2) is 30.3 Å². The second-order valence-corrected chi connectivity index (χ2v) is 8.35. The first-order valence-corrected chi connectivity index (χ1v) is 10.3. The molecule has 3 nitrogen and oxygen atoms in total. The molecule has 2 fully saturated rings. The van der Waals surface area contributed by atoms with Crippen molar-refractivity contribution < 1.29 is 9.84 Å². The Bertz CT molecular complexity index is 486. The monoisotopic (exact) mass is 345 g/mol. The van der Waals surface area contributed by atoms with E-state index in [1.54, 1.807) is 0 Å². The molecule has 140 valence electrons. The van der Waals surface area contributed by atoms with Crippen LogP contribution < -0.4 is 0 Å². The van der Waals surface area contributed by atoms with Crippen LogP contribution in [-0.4, -0.2) is 28.5 Å². The number of aliphatic hydroxyl groups excluding tert-OH is 1. The Balaban J connectivity index is 1.74. The molecule has 2 aliphatic rings. The third-order valence-electron chi connectivity index (χ3n) is 6.12. The number of hydrogen-bond acceptors (Lipinski definition) is 3. The predicted octanol–water partition coefficient (Wildman–Crippen LogP) is 5.18. The zero-order chi connectivity index (χ0) is 17.7. The first-order valence-electron chi connectivity index (χ1n) is 10.3. The Morgan fingerprint density at radius 2 is 1.36 bits per heavy atom. The topological polar surface area (TPSA) is 32.7 Å². The lowest BCUT2D eigenvalue weighted by molar-refractivity contribution is -0.270. The zero-order valence-corrected chi connectivity index (χ0v) is 16.0. The van der Waals surface area contributed by atoms with Crippen LogP contribution in [0.3, 0.4) is 0 Å². The van der Waals surface area contributed by atoms with E-state index in [0.29, 0.717) is 12.1 Å². The maximum atomic E-state index is 11.1. The standard InChI is InChI=1S/C22H35NO2/c1-22(2,18-12-6-3-7-13-18)25-21(24)23(19-14-8-4-9-15-19)20-16-10-5-11-17-20/h3,6-7,12-13,19-21,24H,4-5,8-11,14-17H2,1-2H3. The van der Waals surface area contributed by atoms with Crippen molar-refractivity contribution in [2.75, 3.05) is 0 Å². The van der Waals surface area contributed by atoms with Crippen LogP contribution in [0, 0.1) is 0 Å². The van der Waals surface area contributed by atoms with Crippen LogP contribution in [-0.2, 0) is 10.3 Å². The molecule has 3 rings (SSSR count). The molecule has 2 saturated carbocycles. The lowest BCUT2D eigenvalue weighted by Gasteiger charge is -2.45. The summed E-state index contributed by atoms with van der Waals surface area (Å²) in [5.74, 6) is 0. The number of benzene rings is 1. The predicted molar refractivity (Wildman–Crippen MR) is 102 cm³/mol. The summed E-state index contributed by atoms with van der Waals surface area (Å²) in [6.07, 6.45) is 11.8. The van der Waals surface area contributed by atoms with E-state index in [2.05, 4.69) is 30.9 Å². The highest BCUT2D eigenvalue weighted by atomic mass is 16.6. The molecule has 0 aliphatic heterocycles. The lowest BCUT2D eigenvalue weighted by atomic mass is 9.89. The highest BCUT2D eigenvalue weighted by Gasteiger charge is 2.36. The van der Waals surface area contributed by atoms with E-state index >= 15 is 0 Å². The summed E-state index contributed by atoms with van der Waals surface area (Å²) >= 11 is 0. The maximum absolute atomic E-state index is 11.1. The van der Waals surface area contributed by atoms with E-state index in [-0.39, 0.29) is 0 Å². The van der Waals surface area contributed by atoms with Gasteiger partial charge in [0.25, 0.3) is 0 Å². The van der Waals surface area contributed by atoms with Gasteiger partial charge in [0.2, 0.25) is 6.41 Å². The average Bonchev–Trinajstić information content (AvgIpc) is 2.64. The van der Waals surface area contributed by atoms with Gasteiger partial charge < -0.3 is 9.84 Å². The highest BCUT2D eigenvalue weighted by Crippen LogP contribution is 2.34. The van der Waals surface area contributed by atoms with E-state index < -0.39 is 12.0 Å². The van der Waals surface area contributed by atoms with Crippen molar-refractivity contribution in [2.24, 2.45) is 0 Å². The SMILES string of the molecule is CC(C)(OC(O)N(C1CCCCC1)C1CCCCC1)c1ccccc1. The van der Waals surface area contributed by atoms with Crippen LogP contribution in [0.25, 0.3) is 0 Å². The van der Waals surface area contributed by atoms with Crippen molar-refractivity contribution in [1.29, 1.82) is 0 Å². The smallest absolute Gasteiger partial charge is 0.217 e. The van der Waals surface area contributed by atoms with E-state index in [9.17, 15) is 5.11 Å². The summed E-state index contributed by atoms with van der Waals surface area (Å²) in [5, 5.41) is 11.1. The molecule has 25 heavy (non-hydrogen) atoms. The fourth-order valence-corrected chi connectivity index (χ4v) is 4.65. The van der Waals surface area contributed by atoms with Gasteiger partial charge in [-0.1, -0.05) is 68.9 Å². The molecule has 2 aliphatic carbocycles. The highest BCUT2D eigenvalue weighted by molar-refractivity contribution is 5.20. The van der Waals surface area contributed by atoms with Gasteiger partial charge in [-0.2, -0.15) is 0 Å². The Morgan fingerprint density at radius 3 is 1.84 bits per heavy atom. The Labute approximate surface area is 153 Å². The number of rotatable bonds is 6. The van der Waals surface area contributed by atoms with E-state index in [4.69, 9.17) is 4.74 Å². The van der Waals surface area contributed by atoms with Gasteiger partial charge in [0, 0.05) is 12.1 Å². The molecule has 3 heteroatoms. The lowest BCUT2D eigenvalue weighted by Crippen LogP contribution is -2.53. The normalized spacial score (nSPS) is 22.2. The summed E-state index contributed by atoms with van der Waals surface area (Å²) in [7, 11) is 0. The fraction of sp³-hybridized carbons (Fsp3) is 0.727. The van der Waals surface area contributed by atoms with Gasteiger partial charge in [-0.05, 0) is 45.1 Å². The molecule has 1 unspecified atom stereocenters. The fourth-order valence-electron chi connectivity index (χ4n) is 4.65. The van der Waals surface area contributed by atoms with Crippen molar-refractivity contribution in [1.82, 2.24) is 4.90 Å². The quantitative estimate of drug-likeness (QED) is 0.721. The van der Waals surface area contributed by atoms with Crippen LogP contribution in [0.5, 0.6) is 0 Å². The molecule has 0 heterocycles. The summed E-state index contributed by atoms with van der Waals surface area (Å²) in [4.78, 5) is 2.34. The molecule has 0 saturated heterocycles. The van der Waals surface area contributed by atoms with Gasteiger partial charge in [-0.25, -0.2) is 4.90 Å². The minimum atomic E-state index is -0.818. The Hall–Kier alpha value is -0.900. The van der Waals surface area contributed by atoms with Crippen molar-refractivity contribution >= 4 is 0 Å². The summed E-state index contributed by atoms with van der Waals surface area (Å²) < 4.78 is 6.27. The van der Waals surface area contributed by atoms with Crippen LogP contribution in [0.1, 0.15) is 83.6 Å². The van der Waals surface area contributed by atoms with Gasteiger partial charge >= 0.3 is 0 Å². The van der Waals surface area contributed by atoms with E-state index in [1.165, 1.54) is 64.2 Å². The third-order valence-corrected chi connectivity index (χ3v) is 6.12.